The predicted octanol–water partition coefficient (Wildman–Crippen LogP) is 1.91. The number of hydrogen-bond acceptors (Lipinski definition) is 6. The number of halogens is 3. The summed E-state index contributed by atoms with van der Waals surface area (Å²) in [5, 5.41) is 9.78. The lowest BCUT2D eigenvalue weighted by Crippen LogP contribution is -2.46. The number of carbonyl (C=O) groups excluding carboxylic acids is 4. The van der Waals surface area contributed by atoms with Crippen LogP contribution in [0.15, 0.2) is 18.2 Å². The van der Waals surface area contributed by atoms with Crippen LogP contribution in [-0.4, -0.2) is 66.0 Å². The SMILES string of the molecule is CC(CC(=O)OC(=O)C(F)(F)F)N1CC(=O)N(C(C)C)c2ccc(C#CCCCNC(=N)N)cc2C1=O. The minimum atomic E-state index is -5.34. The highest BCUT2D eigenvalue weighted by atomic mass is 19.4. The van der Waals surface area contributed by atoms with Crippen molar-refractivity contribution >= 4 is 35.4 Å². The first-order chi connectivity index (χ1) is 17.2. The number of ether oxygens (including phenoxy) is 1. The molecule has 1 heterocycles. The van der Waals surface area contributed by atoms with Gasteiger partial charge in [-0.2, -0.15) is 13.2 Å². The van der Waals surface area contributed by atoms with Crippen molar-refractivity contribution in [3.8, 4) is 11.8 Å². The summed E-state index contributed by atoms with van der Waals surface area (Å²) in [5.41, 5.74) is 6.18. The number of alkyl halides is 3. The molecule has 13 heteroatoms. The average molecular weight is 524 g/mol. The highest BCUT2D eigenvalue weighted by Gasteiger charge is 2.43. The molecule has 200 valence electrons. The standard InChI is InChI=1S/C24H28F3N5O5/c1-14(2)32-18-9-8-16(7-5-4-6-10-30-23(28)29)12-17(18)21(35)31(13-19(32)33)15(3)11-20(34)37-22(36)24(25,26)27/h8-9,12,14-15H,4,6,10-11,13H2,1-3H3,(H4,28,29,30). The molecular formula is C24H28F3N5O5. The van der Waals surface area contributed by atoms with E-state index >= 15 is 0 Å². The summed E-state index contributed by atoms with van der Waals surface area (Å²) in [7, 11) is 0. The van der Waals surface area contributed by atoms with Gasteiger partial charge in [-0.05, 0) is 45.4 Å². The zero-order valence-corrected chi connectivity index (χ0v) is 20.6. The molecule has 0 spiro atoms. The maximum atomic E-state index is 13.4. The van der Waals surface area contributed by atoms with Crippen LogP contribution in [-0.2, 0) is 19.1 Å². The van der Waals surface area contributed by atoms with E-state index in [1.54, 1.807) is 26.0 Å². The molecule has 37 heavy (non-hydrogen) atoms. The minimum Gasteiger partial charge on any atom is -0.386 e. The summed E-state index contributed by atoms with van der Waals surface area (Å²) in [4.78, 5) is 51.8. The number of rotatable bonds is 7. The number of benzene rings is 1. The Balaban J connectivity index is 2.29. The van der Waals surface area contributed by atoms with Crippen molar-refractivity contribution in [1.29, 1.82) is 5.41 Å². The molecule has 0 saturated heterocycles. The molecule has 0 bridgehead atoms. The van der Waals surface area contributed by atoms with E-state index in [1.807, 2.05) is 0 Å². The number of nitrogens with zero attached hydrogens (tertiary/aromatic N) is 2. The molecule has 0 radical (unpaired) electrons. The Morgan fingerprint density at radius 2 is 1.92 bits per heavy atom. The van der Waals surface area contributed by atoms with Gasteiger partial charge in [-0.3, -0.25) is 19.8 Å². The molecule has 10 nitrogen and oxygen atoms in total. The number of fused-ring (bicyclic) bond motifs is 1. The second kappa shape index (κ2) is 12.2. The smallest absolute Gasteiger partial charge is 0.386 e. The molecular weight excluding hydrogens is 495 g/mol. The van der Waals surface area contributed by atoms with Gasteiger partial charge in [0, 0.05) is 30.6 Å². The first-order valence-electron chi connectivity index (χ1n) is 11.4. The van der Waals surface area contributed by atoms with Gasteiger partial charge in [0.05, 0.1) is 17.7 Å². The zero-order valence-electron chi connectivity index (χ0n) is 20.6. The molecule has 1 aliphatic heterocycles. The highest BCUT2D eigenvalue weighted by Crippen LogP contribution is 2.30. The van der Waals surface area contributed by atoms with Crippen LogP contribution in [0.4, 0.5) is 18.9 Å². The molecule has 0 aromatic heterocycles. The van der Waals surface area contributed by atoms with E-state index in [4.69, 9.17) is 11.1 Å². The monoisotopic (exact) mass is 523 g/mol. The number of esters is 2. The van der Waals surface area contributed by atoms with Crippen LogP contribution in [0.2, 0.25) is 0 Å². The molecule has 1 unspecified atom stereocenters. The second-order valence-corrected chi connectivity index (χ2v) is 8.58. The van der Waals surface area contributed by atoms with Gasteiger partial charge in [-0.1, -0.05) is 11.8 Å². The van der Waals surface area contributed by atoms with Crippen LogP contribution < -0.4 is 16.0 Å². The van der Waals surface area contributed by atoms with Gasteiger partial charge in [0.15, 0.2) is 5.96 Å². The van der Waals surface area contributed by atoms with E-state index in [9.17, 15) is 32.3 Å². The van der Waals surface area contributed by atoms with E-state index in [-0.39, 0.29) is 17.6 Å². The number of carbonyl (C=O) groups is 4. The van der Waals surface area contributed by atoms with Crippen LogP contribution >= 0.6 is 0 Å². The second-order valence-electron chi connectivity index (χ2n) is 8.58. The molecule has 1 atom stereocenters. The highest BCUT2D eigenvalue weighted by molar-refractivity contribution is 6.10. The van der Waals surface area contributed by atoms with Crippen molar-refractivity contribution in [2.75, 3.05) is 18.0 Å². The van der Waals surface area contributed by atoms with Crippen molar-refractivity contribution in [3.63, 3.8) is 0 Å². The molecule has 0 fully saturated rings. The third-order valence-electron chi connectivity index (χ3n) is 5.30. The lowest BCUT2D eigenvalue weighted by molar-refractivity contribution is -0.202. The largest absolute Gasteiger partial charge is 0.491 e. The fourth-order valence-corrected chi connectivity index (χ4v) is 3.62. The Hall–Kier alpha value is -4.08. The van der Waals surface area contributed by atoms with Gasteiger partial charge in [-0.15, -0.1) is 0 Å². The molecule has 2 rings (SSSR count). The van der Waals surface area contributed by atoms with Crippen molar-refractivity contribution in [1.82, 2.24) is 10.2 Å². The molecule has 1 aromatic carbocycles. The Labute approximate surface area is 211 Å². The Morgan fingerprint density at radius 3 is 2.51 bits per heavy atom. The maximum absolute atomic E-state index is 13.4. The summed E-state index contributed by atoms with van der Waals surface area (Å²) >= 11 is 0. The van der Waals surface area contributed by atoms with Crippen LogP contribution in [0.3, 0.4) is 0 Å². The Morgan fingerprint density at radius 1 is 1.24 bits per heavy atom. The fourth-order valence-electron chi connectivity index (χ4n) is 3.62. The fraction of sp³-hybridized carbons (Fsp3) is 0.458. The summed E-state index contributed by atoms with van der Waals surface area (Å²) in [6.07, 6.45) is -4.95. The first-order valence-corrected chi connectivity index (χ1v) is 11.4. The quantitative estimate of drug-likeness (QED) is 0.124. The van der Waals surface area contributed by atoms with E-state index in [0.717, 1.165) is 4.90 Å². The topological polar surface area (TPSA) is 146 Å². The van der Waals surface area contributed by atoms with Crippen LogP contribution in [0.5, 0.6) is 0 Å². The van der Waals surface area contributed by atoms with Crippen molar-refractivity contribution in [2.24, 2.45) is 5.73 Å². The Bertz CT molecular complexity index is 1140. The summed E-state index contributed by atoms with van der Waals surface area (Å²) in [5.74, 6) is 0.550. The number of nitrogens with two attached hydrogens (primary N) is 1. The normalized spacial score (nSPS) is 14.4. The molecule has 1 aromatic rings. The minimum absolute atomic E-state index is 0.135. The number of hydrogen-bond donors (Lipinski definition) is 3. The zero-order chi connectivity index (χ0) is 27.9. The van der Waals surface area contributed by atoms with Gasteiger partial charge in [0.1, 0.15) is 6.54 Å². The summed E-state index contributed by atoms with van der Waals surface area (Å²) in [6, 6.07) is 3.39. The molecule has 4 N–H and O–H groups in total. The summed E-state index contributed by atoms with van der Waals surface area (Å²) in [6.45, 7) is 4.93. The van der Waals surface area contributed by atoms with E-state index in [0.29, 0.717) is 30.6 Å². The third kappa shape index (κ3) is 7.96. The van der Waals surface area contributed by atoms with Gasteiger partial charge in [-0.25, -0.2) is 4.79 Å². The number of guanidine groups is 1. The van der Waals surface area contributed by atoms with E-state index in [2.05, 4.69) is 21.9 Å². The van der Waals surface area contributed by atoms with Gasteiger partial charge < -0.3 is 25.6 Å². The van der Waals surface area contributed by atoms with Gasteiger partial charge in [0.2, 0.25) is 5.91 Å². The molecule has 0 aliphatic carbocycles. The lowest BCUT2D eigenvalue weighted by Gasteiger charge is -2.28. The molecule has 2 amide bonds. The number of unbranched alkanes of at least 4 members (excludes halogenated alkanes) is 1. The lowest BCUT2D eigenvalue weighted by atomic mass is 10.0. The predicted molar refractivity (Wildman–Crippen MR) is 127 cm³/mol. The number of nitrogens with one attached hydrogen (secondary N) is 2. The van der Waals surface area contributed by atoms with Gasteiger partial charge >= 0.3 is 18.1 Å². The molecule has 1 aliphatic rings. The van der Waals surface area contributed by atoms with E-state index in [1.165, 1.54) is 17.9 Å². The van der Waals surface area contributed by atoms with Gasteiger partial charge in [0.25, 0.3) is 5.91 Å². The van der Waals surface area contributed by atoms with Crippen LogP contribution in [0.1, 0.15) is 56.0 Å². The molecule has 0 saturated carbocycles. The maximum Gasteiger partial charge on any atom is 0.491 e. The van der Waals surface area contributed by atoms with Crippen molar-refractivity contribution in [2.45, 2.75) is 58.3 Å². The Kier molecular flexibility index (Phi) is 9.65. The van der Waals surface area contributed by atoms with Crippen LogP contribution in [0.25, 0.3) is 0 Å². The first kappa shape index (κ1) is 29.2. The summed E-state index contributed by atoms with van der Waals surface area (Å²) < 4.78 is 41.0. The number of anilines is 1. The van der Waals surface area contributed by atoms with Crippen LogP contribution in [0, 0.1) is 17.3 Å². The number of amides is 2. The van der Waals surface area contributed by atoms with E-state index < -0.39 is 48.9 Å². The third-order valence-corrected chi connectivity index (χ3v) is 5.30. The van der Waals surface area contributed by atoms with Crippen molar-refractivity contribution < 1.29 is 37.1 Å². The average Bonchev–Trinajstić information content (AvgIpc) is 2.89. The van der Waals surface area contributed by atoms with Crippen molar-refractivity contribution in [3.05, 3.63) is 29.3 Å².